The lowest BCUT2D eigenvalue weighted by Crippen LogP contribution is -2.44. The first-order valence-electron chi connectivity index (χ1n) is 9.38. The Bertz CT molecular complexity index is 873. The van der Waals surface area contributed by atoms with Gasteiger partial charge in [-0.25, -0.2) is 8.42 Å². The molecular formula is C20H27N3O3S. The van der Waals surface area contributed by atoms with E-state index in [0.717, 1.165) is 18.5 Å². The molecule has 0 N–H and O–H groups in total. The summed E-state index contributed by atoms with van der Waals surface area (Å²) in [4.78, 5) is 15.1. The highest BCUT2D eigenvalue weighted by atomic mass is 32.2. The predicted molar refractivity (Wildman–Crippen MR) is 104 cm³/mol. The summed E-state index contributed by atoms with van der Waals surface area (Å²) in [5.74, 6) is -0.133. The van der Waals surface area contributed by atoms with Crippen LogP contribution in [0.5, 0.6) is 0 Å². The Morgan fingerprint density at radius 3 is 2.41 bits per heavy atom. The van der Waals surface area contributed by atoms with Gasteiger partial charge >= 0.3 is 0 Å². The van der Waals surface area contributed by atoms with Gasteiger partial charge < -0.3 is 9.47 Å². The van der Waals surface area contributed by atoms with E-state index in [0.29, 0.717) is 19.5 Å². The van der Waals surface area contributed by atoms with Crippen molar-refractivity contribution in [1.29, 1.82) is 0 Å². The van der Waals surface area contributed by atoms with Crippen molar-refractivity contribution in [2.24, 2.45) is 7.05 Å². The van der Waals surface area contributed by atoms with Gasteiger partial charge in [0.25, 0.3) is 0 Å². The second kappa shape index (κ2) is 8.27. The Kier molecular flexibility index (Phi) is 6.01. The molecule has 1 saturated carbocycles. The molecule has 0 aliphatic heterocycles. The number of aromatic nitrogens is 1. The summed E-state index contributed by atoms with van der Waals surface area (Å²) < 4.78 is 29.3. The number of amides is 1. The van der Waals surface area contributed by atoms with Crippen molar-refractivity contribution in [3.63, 3.8) is 0 Å². The van der Waals surface area contributed by atoms with Crippen LogP contribution in [-0.2, 0) is 28.4 Å². The zero-order valence-electron chi connectivity index (χ0n) is 15.9. The lowest BCUT2D eigenvalue weighted by atomic mass is 10.3. The average molecular weight is 390 g/mol. The first-order chi connectivity index (χ1) is 12.9. The first kappa shape index (κ1) is 19.6. The van der Waals surface area contributed by atoms with Crippen LogP contribution in [0.1, 0.15) is 31.9 Å². The Hall–Kier alpha value is -2.12. The fourth-order valence-corrected chi connectivity index (χ4v) is 4.66. The molecule has 27 heavy (non-hydrogen) atoms. The highest BCUT2D eigenvalue weighted by Crippen LogP contribution is 2.29. The quantitative estimate of drug-likeness (QED) is 0.662. The molecule has 0 bridgehead atoms. The largest absolute Gasteiger partial charge is 0.353 e. The summed E-state index contributed by atoms with van der Waals surface area (Å²) in [6.45, 7) is 2.64. The van der Waals surface area contributed by atoms with Crippen LogP contribution in [0.4, 0.5) is 0 Å². The molecular weight excluding hydrogens is 362 g/mol. The number of aryl methyl sites for hydroxylation is 1. The number of nitrogens with zero attached hydrogens (tertiary/aromatic N) is 3. The van der Waals surface area contributed by atoms with E-state index < -0.39 is 10.0 Å². The van der Waals surface area contributed by atoms with Gasteiger partial charge in [-0.3, -0.25) is 4.79 Å². The van der Waals surface area contributed by atoms with Crippen molar-refractivity contribution in [2.45, 2.75) is 43.7 Å². The fourth-order valence-electron chi connectivity index (χ4n) is 3.16. The van der Waals surface area contributed by atoms with Crippen LogP contribution in [0.3, 0.4) is 0 Å². The fraction of sp³-hybridized carbons (Fsp3) is 0.450. The molecule has 1 aliphatic carbocycles. The summed E-state index contributed by atoms with van der Waals surface area (Å²) in [7, 11) is -1.73. The monoisotopic (exact) mass is 389 g/mol. The number of rotatable bonds is 9. The number of carbonyl (C=O) groups excluding carboxylic acids is 1. The number of carbonyl (C=O) groups is 1. The molecule has 146 valence electrons. The van der Waals surface area contributed by atoms with Crippen LogP contribution in [0, 0.1) is 0 Å². The maximum Gasteiger partial charge on any atom is 0.243 e. The van der Waals surface area contributed by atoms with Gasteiger partial charge in [-0.15, -0.1) is 0 Å². The van der Waals surface area contributed by atoms with Crippen molar-refractivity contribution in [3.8, 4) is 0 Å². The molecule has 0 atom stereocenters. The second-order valence-electron chi connectivity index (χ2n) is 7.01. The van der Waals surface area contributed by atoms with Crippen molar-refractivity contribution in [2.75, 3.05) is 13.1 Å². The molecule has 0 spiro atoms. The van der Waals surface area contributed by atoms with Crippen molar-refractivity contribution >= 4 is 15.9 Å². The zero-order valence-corrected chi connectivity index (χ0v) is 16.7. The third-order valence-electron chi connectivity index (χ3n) is 4.86. The Labute approximate surface area is 161 Å². The minimum absolute atomic E-state index is 0.119. The van der Waals surface area contributed by atoms with E-state index in [1.54, 1.807) is 30.3 Å². The van der Waals surface area contributed by atoms with Gasteiger partial charge in [0.2, 0.25) is 15.9 Å². The molecule has 1 heterocycles. The van der Waals surface area contributed by atoms with E-state index in [4.69, 9.17) is 0 Å². The molecule has 1 aliphatic rings. The predicted octanol–water partition coefficient (Wildman–Crippen LogP) is 2.62. The molecule has 3 rings (SSSR count). The maximum atomic E-state index is 13.0. The van der Waals surface area contributed by atoms with E-state index in [1.165, 1.54) is 4.31 Å². The third kappa shape index (κ3) is 4.59. The molecule has 0 unspecified atom stereocenters. The Morgan fingerprint density at radius 2 is 1.85 bits per heavy atom. The van der Waals surface area contributed by atoms with Crippen LogP contribution >= 0.6 is 0 Å². The number of hydrogen-bond donors (Lipinski definition) is 0. The molecule has 2 aromatic rings. The number of hydrogen-bond acceptors (Lipinski definition) is 3. The minimum Gasteiger partial charge on any atom is -0.353 e. The van der Waals surface area contributed by atoms with Crippen molar-refractivity contribution in [1.82, 2.24) is 13.8 Å². The normalized spacial score (nSPS) is 14.5. The average Bonchev–Trinajstić information content (AvgIpc) is 3.42. The summed E-state index contributed by atoms with van der Waals surface area (Å²) in [6, 6.07) is 12.5. The highest BCUT2D eigenvalue weighted by molar-refractivity contribution is 7.89. The molecule has 0 saturated heterocycles. The van der Waals surface area contributed by atoms with E-state index >= 15 is 0 Å². The standard InChI is InChI=1S/C20H27N3O3S/c1-3-13-22(27(25,26)19-9-5-4-6-10-19)16-20(24)23(17-11-12-17)15-18-8-7-14-21(18)2/h4-10,14,17H,3,11-13,15-16H2,1-2H3. The van der Waals surface area contributed by atoms with Crippen molar-refractivity contribution in [3.05, 3.63) is 54.4 Å². The molecule has 1 fully saturated rings. The smallest absolute Gasteiger partial charge is 0.243 e. The molecule has 0 radical (unpaired) electrons. The number of benzene rings is 1. The lowest BCUT2D eigenvalue weighted by Gasteiger charge is -2.27. The first-order valence-corrected chi connectivity index (χ1v) is 10.8. The molecule has 1 aromatic heterocycles. The summed E-state index contributed by atoms with van der Waals surface area (Å²) in [6.07, 6.45) is 4.57. The van der Waals surface area contributed by atoms with Gasteiger partial charge in [-0.2, -0.15) is 4.31 Å². The van der Waals surface area contributed by atoms with Crippen LogP contribution in [0.25, 0.3) is 0 Å². The van der Waals surface area contributed by atoms with E-state index in [9.17, 15) is 13.2 Å². The van der Waals surface area contributed by atoms with Gasteiger partial charge in [0.15, 0.2) is 0 Å². The van der Waals surface area contributed by atoms with E-state index in [-0.39, 0.29) is 23.4 Å². The van der Waals surface area contributed by atoms with Gasteiger partial charge in [0, 0.05) is 31.5 Å². The molecule has 7 heteroatoms. The van der Waals surface area contributed by atoms with Crippen LogP contribution in [-0.4, -0.2) is 47.2 Å². The van der Waals surface area contributed by atoms with Crippen LogP contribution < -0.4 is 0 Å². The SMILES string of the molecule is CCCN(CC(=O)N(Cc1cccn1C)C1CC1)S(=O)(=O)c1ccccc1. The zero-order chi connectivity index (χ0) is 19.4. The summed E-state index contributed by atoms with van der Waals surface area (Å²) in [5.41, 5.74) is 1.04. The van der Waals surface area contributed by atoms with Gasteiger partial charge in [0.1, 0.15) is 0 Å². The molecule has 1 aromatic carbocycles. The lowest BCUT2D eigenvalue weighted by molar-refractivity contribution is -0.132. The van der Waals surface area contributed by atoms with Crippen LogP contribution in [0.2, 0.25) is 0 Å². The topological polar surface area (TPSA) is 62.6 Å². The molecule has 1 amide bonds. The van der Waals surface area contributed by atoms with E-state index in [1.807, 2.05) is 41.8 Å². The summed E-state index contributed by atoms with van der Waals surface area (Å²) >= 11 is 0. The Morgan fingerprint density at radius 1 is 1.15 bits per heavy atom. The maximum absolute atomic E-state index is 13.0. The minimum atomic E-state index is -3.69. The van der Waals surface area contributed by atoms with Crippen LogP contribution in [0.15, 0.2) is 53.6 Å². The number of sulfonamides is 1. The van der Waals surface area contributed by atoms with Gasteiger partial charge in [0.05, 0.1) is 18.0 Å². The third-order valence-corrected chi connectivity index (χ3v) is 6.72. The second-order valence-corrected chi connectivity index (χ2v) is 8.95. The van der Waals surface area contributed by atoms with E-state index in [2.05, 4.69) is 0 Å². The summed E-state index contributed by atoms with van der Waals surface area (Å²) in [5, 5.41) is 0. The van der Waals surface area contributed by atoms with Gasteiger partial charge in [-0.05, 0) is 43.5 Å². The Balaban J connectivity index is 1.78. The van der Waals surface area contributed by atoms with Gasteiger partial charge in [-0.1, -0.05) is 25.1 Å². The van der Waals surface area contributed by atoms with Crippen molar-refractivity contribution < 1.29 is 13.2 Å². The molecule has 6 nitrogen and oxygen atoms in total. The highest BCUT2D eigenvalue weighted by Gasteiger charge is 2.35.